The number of amides is 1. The minimum absolute atomic E-state index is 0.0197. The maximum absolute atomic E-state index is 12.7. The van der Waals surface area contributed by atoms with Gasteiger partial charge in [-0.3, -0.25) is 10.2 Å². The van der Waals surface area contributed by atoms with Gasteiger partial charge in [-0.1, -0.05) is 49.2 Å². The van der Waals surface area contributed by atoms with Crippen molar-refractivity contribution in [1.29, 1.82) is 0 Å². The Labute approximate surface area is 172 Å². The lowest BCUT2D eigenvalue weighted by molar-refractivity contribution is 0.101. The van der Waals surface area contributed by atoms with Gasteiger partial charge < -0.3 is 0 Å². The van der Waals surface area contributed by atoms with Crippen molar-refractivity contribution in [2.24, 2.45) is 5.92 Å². The summed E-state index contributed by atoms with van der Waals surface area (Å²) in [5, 5.41) is -0.0272. The molecule has 28 heavy (non-hydrogen) atoms. The zero-order valence-corrected chi connectivity index (χ0v) is 17.4. The number of para-hydroxylation sites is 2. The second-order valence-electron chi connectivity index (χ2n) is 6.55. The molecule has 3 rings (SSSR count). The number of imidazole rings is 1. The van der Waals surface area contributed by atoms with Crippen LogP contribution < -0.4 is 10.1 Å². The molecule has 1 amide bonds. The molecule has 0 saturated heterocycles. The Kier molecular flexibility index (Phi) is 5.95. The average Bonchev–Trinajstić information content (AvgIpc) is 3.03. The highest BCUT2D eigenvalue weighted by Crippen LogP contribution is 2.29. The molecular weight excluding hydrogens is 423 g/mol. The third-order valence-electron chi connectivity index (χ3n) is 3.91. The lowest BCUT2D eigenvalue weighted by Gasteiger charge is -2.13. The van der Waals surface area contributed by atoms with Crippen molar-refractivity contribution in [3.05, 3.63) is 58.3 Å². The van der Waals surface area contributed by atoms with E-state index in [1.165, 1.54) is 23.1 Å². The molecule has 2 aromatic carbocycles. The van der Waals surface area contributed by atoms with E-state index in [0.29, 0.717) is 11.0 Å². The van der Waals surface area contributed by atoms with Crippen molar-refractivity contribution in [1.82, 2.24) is 14.4 Å². The molecular formula is C18H18Cl2N4O3S. The number of halogens is 2. The van der Waals surface area contributed by atoms with E-state index in [9.17, 15) is 13.2 Å². The number of hydrogen-bond acceptors (Lipinski definition) is 4. The van der Waals surface area contributed by atoms with Gasteiger partial charge in [0.2, 0.25) is 10.0 Å². The summed E-state index contributed by atoms with van der Waals surface area (Å²) in [5.41, 5.74) is 4.01. The van der Waals surface area contributed by atoms with Crippen LogP contribution in [-0.4, -0.2) is 30.5 Å². The van der Waals surface area contributed by atoms with E-state index in [1.54, 1.807) is 12.1 Å². The molecule has 1 heterocycles. The van der Waals surface area contributed by atoms with Gasteiger partial charge >= 0.3 is 0 Å². The van der Waals surface area contributed by atoms with Crippen LogP contribution in [0, 0.1) is 5.92 Å². The fourth-order valence-corrected chi connectivity index (χ4v) is 4.55. The summed E-state index contributed by atoms with van der Waals surface area (Å²) >= 11 is 12.2. The number of nitrogens with one attached hydrogen (secondary N) is 2. The van der Waals surface area contributed by atoms with Crippen molar-refractivity contribution < 1.29 is 13.2 Å². The molecule has 0 atom stereocenters. The number of carbonyl (C=O) groups is 1. The van der Waals surface area contributed by atoms with E-state index in [0.717, 1.165) is 0 Å². The van der Waals surface area contributed by atoms with Gasteiger partial charge in [0.15, 0.2) is 0 Å². The van der Waals surface area contributed by atoms with E-state index in [1.807, 2.05) is 26.0 Å². The van der Waals surface area contributed by atoms with E-state index in [-0.39, 0.29) is 33.0 Å². The zero-order valence-electron chi connectivity index (χ0n) is 15.1. The Morgan fingerprint density at radius 2 is 1.89 bits per heavy atom. The first-order valence-corrected chi connectivity index (χ1v) is 10.6. The van der Waals surface area contributed by atoms with Gasteiger partial charge in [0.1, 0.15) is 11.2 Å². The number of sulfonamides is 1. The van der Waals surface area contributed by atoms with Gasteiger partial charge in [0, 0.05) is 6.54 Å². The Morgan fingerprint density at radius 1 is 1.18 bits per heavy atom. The Balaban J connectivity index is 1.94. The van der Waals surface area contributed by atoms with E-state index < -0.39 is 15.9 Å². The number of fused-ring (bicyclic) bond motifs is 1. The van der Waals surface area contributed by atoms with Crippen LogP contribution in [0.3, 0.4) is 0 Å². The minimum Gasteiger partial charge on any atom is -0.267 e. The van der Waals surface area contributed by atoms with Gasteiger partial charge in [0.05, 0.1) is 26.6 Å². The Morgan fingerprint density at radius 3 is 2.61 bits per heavy atom. The molecule has 0 fully saturated rings. The first-order valence-electron chi connectivity index (χ1n) is 8.41. The molecule has 2 N–H and O–H groups in total. The summed E-state index contributed by atoms with van der Waals surface area (Å²) in [6.07, 6.45) is 1.45. The van der Waals surface area contributed by atoms with Gasteiger partial charge in [0.25, 0.3) is 5.91 Å². The van der Waals surface area contributed by atoms with Crippen LogP contribution in [0.1, 0.15) is 24.2 Å². The number of aromatic nitrogens is 2. The molecule has 0 unspecified atom stereocenters. The molecule has 3 aromatic rings. The fraction of sp³-hybridized carbons (Fsp3) is 0.222. The minimum atomic E-state index is -3.90. The van der Waals surface area contributed by atoms with Crippen molar-refractivity contribution in [3.8, 4) is 0 Å². The summed E-state index contributed by atoms with van der Waals surface area (Å²) < 4.78 is 29.0. The number of carbonyl (C=O) groups excluding carboxylic acids is 1. The average molecular weight is 441 g/mol. The van der Waals surface area contributed by atoms with Gasteiger partial charge in [-0.25, -0.2) is 22.8 Å². The summed E-state index contributed by atoms with van der Waals surface area (Å²) in [5.74, 6) is -0.483. The SMILES string of the molecule is CC(C)CNS(=O)(=O)c1cc(C(=O)Nn2cnc3ccccc32)c(Cl)cc1Cl. The van der Waals surface area contributed by atoms with Crippen LogP contribution in [0.5, 0.6) is 0 Å². The van der Waals surface area contributed by atoms with Crippen LogP contribution in [0.15, 0.2) is 47.6 Å². The first-order chi connectivity index (χ1) is 13.2. The second kappa shape index (κ2) is 8.08. The molecule has 7 nitrogen and oxygen atoms in total. The lowest BCUT2D eigenvalue weighted by Crippen LogP contribution is -2.28. The largest absolute Gasteiger partial charge is 0.271 e. The summed E-state index contributed by atoms with van der Waals surface area (Å²) in [6, 6.07) is 9.65. The number of nitrogens with zero attached hydrogens (tertiary/aromatic N) is 2. The second-order valence-corrected chi connectivity index (χ2v) is 9.10. The van der Waals surface area contributed by atoms with E-state index >= 15 is 0 Å². The van der Waals surface area contributed by atoms with Crippen LogP contribution >= 0.6 is 23.2 Å². The molecule has 0 aliphatic rings. The van der Waals surface area contributed by atoms with E-state index in [2.05, 4.69) is 15.1 Å². The Bertz CT molecular complexity index is 1140. The fourth-order valence-electron chi connectivity index (χ4n) is 2.48. The van der Waals surface area contributed by atoms with Crippen molar-refractivity contribution in [2.45, 2.75) is 18.7 Å². The molecule has 0 spiro atoms. The highest BCUT2D eigenvalue weighted by molar-refractivity contribution is 7.89. The van der Waals surface area contributed by atoms with Crippen molar-refractivity contribution >= 4 is 50.2 Å². The maximum atomic E-state index is 12.7. The zero-order chi connectivity index (χ0) is 20.5. The van der Waals surface area contributed by atoms with Gasteiger partial charge in [-0.15, -0.1) is 0 Å². The normalized spacial score (nSPS) is 11.9. The number of benzene rings is 2. The standard InChI is InChI=1S/C18H18Cl2N4O3S/c1-11(2)9-22-28(26,27)17-7-12(13(19)8-14(17)20)18(25)23-24-10-21-15-5-3-4-6-16(15)24/h3-8,10-11,22H,9H2,1-2H3,(H,23,25). The molecule has 1 aromatic heterocycles. The molecule has 0 bridgehead atoms. The highest BCUT2D eigenvalue weighted by atomic mass is 35.5. The summed E-state index contributed by atoms with van der Waals surface area (Å²) in [4.78, 5) is 16.7. The monoisotopic (exact) mass is 440 g/mol. The quantitative estimate of drug-likeness (QED) is 0.611. The van der Waals surface area contributed by atoms with E-state index in [4.69, 9.17) is 23.2 Å². The summed E-state index contributed by atoms with van der Waals surface area (Å²) in [7, 11) is -3.90. The molecule has 148 valence electrons. The first kappa shape index (κ1) is 20.6. The lowest BCUT2D eigenvalue weighted by atomic mass is 10.2. The molecule has 10 heteroatoms. The van der Waals surface area contributed by atoms with Crippen LogP contribution in [0.25, 0.3) is 11.0 Å². The number of hydrogen-bond donors (Lipinski definition) is 2. The van der Waals surface area contributed by atoms with Crippen LogP contribution in [-0.2, 0) is 10.0 Å². The molecule has 0 aliphatic heterocycles. The third-order valence-corrected chi connectivity index (χ3v) is 6.11. The predicted molar refractivity (Wildman–Crippen MR) is 110 cm³/mol. The van der Waals surface area contributed by atoms with Crippen LogP contribution in [0.4, 0.5) is 0 Å². The van der Waals surface area contributed by atoms with Gasteiger partial charge in [-0.2, -0.15) is 0 Å². The smallest absolute Gasteiger partial charge is 0.267 e. The maximum Gasteiger partial charge on any atom is 0.271 e. The van der Waals surface area contributed by atoms with Crippen molar-refractivity contribution in [3.63, 3.8) is 0 Å². The summed E-state index contributed by atoms with van der Waals surface area (Å²) in [6.45, 7) is 3.99. The number of rotatable bonds is 6. The molecule has 0 radical (unpaired) electrons. The third kappa shape index (κ3) is 4.30. The molecule has 0 saturated carbocycles. The molecule has 0 aliphatic carbocycles. The Hall–Kier alpha value is -2.13. The van der Waals surface area contributed by atoms with Crippen LogP contribution in [0.2, 0.25) is 10.0 Å². The highest BCUT2D eigenvalue weighted by Gasteiger charge is 2.23. The predicted octanol–water partition coefficient (Wildman–Crippen LogP) is 3.66. The van der Waals surface area contributed by atoms with Crippen molar-refractivity contribution in [2.75, 3.05) is 12.0 Å². The topological polar surface area (TPSA) is 93.1 Å². The van der Waals surface area contributed by atoms with Gasteiger partial charge in [-0.05, 0) is 30.2 Å².